The third-order valence-corrected chi connectivity index (χ3v) is 5.14. The first-order valence-electron chi connectivity index (χ1n) is 7.99. The number of aryl methyl sites for hydroxylation is 2. The van der Waals surface area contributed by atoms with Gasteiger partial charge in [-0.25, -0.2) is 15.0 Å². The monoisotopic (exact) mass is 367 g/mol. The summed E-state index contributed by atoms with van der Waals surface area (Å²) in [5, 5.41) is 8.45. The molecule has 6 nitrogen and oxygen atoms in total. The van der Waals surface area contributed by atoms with E-state index in [1.807, 2.05) is 11.6 Å². The van der Waals surface area contributed by atoms with Crippen molar-refractivity contribution in [2.24, 2.45) is 0 Å². The molecule has 1 amide bonds. The Morgan fingerprint density at radius 3 is 2.67 bits per heavy atom. The van der Waals surface area contributed by atoms with E-state index in [-0.39, 0.29) is 11.4 Å². The molecule has 2 aromatic heterocycles. The number of nitrogens with one attached hydrogen (secondary N) is 2. The molecule has 0 radical (unpaired) electrons. The smallest absolute Gasteiger partial charge is 0.223 e. The van der Waals surface area contributed by atoms with Crippen molar-refractivity contribution in [1.82, 2.24) is 15.0 Å². The summed E-state index contributed by atoms with van der Waals surface area (Å²) >= 11 is 3.13. The molecule has 0 bridgehead atoms. The Hall–Kier alpha value is -1.51. The molecule has 24 heavy (non-hydrogen) atoms. The van der Waals surface area contributed by atoms with Crippen LogP contribution in [0.5, 0.6) is 0 Å². The topological polar surface area (TPSA) is 70.2 Å². The SMILES string of the molecule is CCN(Nc1ncc(CCc2csc(NC(C)=O)n2)s1)C(C)(C)C. The van der Waals surface area contributed by atoms with Crippen molar-refractivity contribution in [3.8, 4) is 0 Å². The molecule has 0 atom stereocenters. The van der Waals surface area contributed by atoms with Gasteiger partial charge in [-0.05, 0) is 33.6 Å². The van der Waals surface area contributed by atoms with E-state index in [0.717, 1.165) is 30.2 Å². The largest absolute Gasteiger partial charge is 0.302 e. The van der Waals surface area contributed by atoms with E-state index in [9.17, 15) is 4.79 Å². The van der Waals surface area contributed by atoms with Crippen LogP contribution in [0.1, 0.15) is 45.2 Å². The average Bonchev–Trinajstić information content (AvgIpc) is 3.10. The van der Waals surface area contributed by atoms with Crippen LogP contribution in [-0.2, 0) is 17.6 Å². The van der Waals surface area contributed by atoms with Crippen molar-refractivity contribution < 1.29 is 4.79 Å². The third kappa shape index (κ3) is 5.54. The van der Waals surface area contributed by atoms with Gasteiger partial charge in [0.25, 0.3) is 0 Å². The van der Waals surface area contributed by atoms with Crippen LogP contribution in [0.2, 0.25) is 0 Å². The minimum Gasteiger partial charge on any atom is -0.302 e. The number of hydrogen-bond acceptors (Lipinski definition) is 7. The maximum Gasteiger partial charge on any atom is 0.223 e. The lowest BCUT2D eigenvalue weighted by molar-refractivity contribution is -0.114. The fourth-order valence-corrected chi connectivity index (χ4v) is 3.80. The van der Waals surface area contributed by atoms with Crippen molar-refractivity contribution in [1.29, 1.82) is 0 Å². The molecule has 132 valence electrons. The van der Waals surface area contributed by atoms with Gasteiger partial charge in [-0.3, -0.25) is 10.2 Å². The van der Waals surface area contributed by atoms with Crippen molar-refractivity contribution in [3.63, 3.8) is 0 Å². The van der Waals surface area contributed by atoms with E-state index in [0.29, 0.717) is 5.13 Å². The van der Waals surface area contributed by atoms with E-state index >= 15 is 0 Å². The number of nitrogens with zero attached hydrogens (tertiary/aromatic N) is 3. The highest BCUT2D eigenvalue weighted by Crippen LogP contribution is 2.23. The van der Waals surface area contributed by atoms with Gasteiger partial charge in [0.2, 0.25) is 5.91 Å². The predicted molar refractivity (Wildman–Crippen MR) is 102 cm³/mol. The van der Waals surface area contributed by atoms with Gasteiger partial charge in [-0.15, -0.1) is 22.7 Å². The lowest BCUT2D eigenvalue weighted by Gasteiger charge is -2.34. The maximum absolute atomic E-state index is 11.0. The molecule has 0 fully saturated rings. The van der Waals surface area contributed by atoms with Crippen LogP contribution in [0, 0.1) is 0 Å². The summed E-state index contributed by atoms with van der Waals surface area (Å²) in [6.45, 7) is 11.0. The highest BCUT2D eigenvalue weighted by Gasteiger charge is 2.20. The summed E-state index contributed by atoms with van der Waals surface area (Å²) in [7, 11) is 0. The standard InChI is InChI=1S/C16H25N5OS2/c1-6-21(16(3,4)5)20-14-17-9-13(24-14)8-7-12-10-23-15(19-12)18-11(2)22/h9-10H,6-8H2,1-5H3,(H,17,20)(H,18,19,22). The van der Waals surface area contributed by atoms with E-state index in [1.54, 1.807) is 11.3 Å². The molecule has 8 heteroatoms. The van der Waals surface area contributed by atoms with Gasteiger partial charge in [-0.2, -0.15) is 0 Å². The molecule has 2 heterocycles. The summed E-state index contributed by atoms with van der Waals surface area (Å²) in [6.07, 6.45) is 3.66. The zero-order valence-electron chi connectivity index (χ0n) is 14.8. The summed E-state index contributed by atoms with van der Waals surface area (Å²) < 4.78 is 0. The number of rotatable bonds is 7. The third-order valence-electron chi connectivity index (χ3n) is 3.37. The Bertz CT molecular complexity index is 674. The predicted octanol–water partition coefficient (Wildman–Crippen LogP) is 3.79. The van der Waals surface area contributed by atoms with Gasteiger partial charge in [0.15, 0.2) is 10.3 Å². The molecule has 0 saturated carbocycles. The highest BCUT2D eigenvalue weighted by molar-refractivity contribution is 7.15. The quantitative estimate of drug-likeness (QED) is 0.729. The molecule has 0 spiro atoms. The van der Waals surface area contributed by atoms with Crippen LogP contribution >= 0.6 is 22.7 Å². The van der Waals surface area contributed by atoms with Crippen molar-refractivity contribution in [3.05, 3.63) is 22.1 Å². The molecule has 0 saturated heterocycles. The second-order valence-corrected chi connectivity index (χ2v) is 8.46. The second-order valence-electron chi connectivity index (χ2n) is 6.48. The Morgan fingerprint density at radius 2 is 2.04 bits per heavy atom. The average molecular weight is 368 g/mol. The number of amides is 1. The zero-order chi connectivity index (χ0) is 17.7. The first-order valence-corrected chi connectivity index (χ1v) is 9.68. The number of carbonyl (C=O) groups excluding carboxylic acids is 1. The summed E-state index contributed by atoms with van der Waals surface area (Å²) in [6, 6.07) is 0. The molecule has 0 aromatic carbocycles. The van der Waals surface area contributed by atoms with Crippen LogP contribution in [0.4, 0.5) is 10.3 Å². The van der Waals surface area contributed by atoms with Gasteiger partial charge in [-0.1, -0.05) is 6.92 Å². The Balaban J connectivity index is 1.89. The normalized spacial score (nSPS) is 11.8. The van der Waals surface area contributed by atoms with Crippen LogP contribution in [-0.4, -0.2) is 33.0 Å². The fraction of sp³-hybridized carbons (Fsp3) is 0.562. The van der Waals surface area contributed by atoms with Crippen molar-refractivity contribution in [2.75, 3.05) is 17.3 Å². The zero-order valence-corrected chi connectivity index (χ0v) is 16.5. The fourth-order valence-electron chi connectivity index (χ4n) is 2.19. The van der Waals surface area contributed by atoms with Crippen LogP contribution < -0.4 is 10.7 Å². The maximum atomic E-state index is 11.0. The van der Waals surface area contributed by atoms with E-state index in [1.165, 1.54) is 23.1 Å². The Labute approximate surface area is 151 Å². The second kappa shape index (κ2) is 8.04. The number of carbonyl (C=O) groups is 1. The molecule has 0 aliphatic carbocycles. The Kier molecular flexibility index (Phi) is 6.31. The molecule has 2 rings (SSSR count). The molecule has 2 aromatic rings. The van der Waals surface area contributed by atoms with E-state index in [2.05, 4.69) is 53.4 Å². The van der Waals surface area contributed by atoms with Crippen LogP contribution in [0.15, 0.2) is 11.6 Å². The van der Waals surface area contributed by atoms with Gasteiger partial charge < -0.3 is 5.32 Å². The molecule has 0 unspecified atom stereocenters. The summed E-state index contributed by atoms with van der Waals surface area (Å²) in [5.41, 5.74) is 4.43. The van der Waals surface area contributed by atoms with E-state index < -0.39 is 0 Å². The molecule has 0 aliphatic heterocycles. The van der Waals surface area contributed by atoms with Crippen molar-refractivity contribution in [2.45, 2.75) is 53.0 Å². The van der Waals surface area contributed by atoms with Gasteiger partial charge in [0, 0.05) is 35.5 Å². The number of hydrogen-bond donors (Lipinski definition) is 2. The molecular weight excluding hydrogens is 342 g/mol. The van der Waals surface area contributed by atoms with Crippen LogP contribution in [0.25, 0.3) is 0 Å². The molecule has 2 N–H and O–H groups in total. The van der Waals surface area contributed by atoms with E-state index in [4.69, 9.17) is 0 Å². The lowest BCUT2D eigenvalue weighted by atomic mass is 10.1. The number of hydrazine groups is 1. The first kappa shape index (κ1) is 18.8. The van der Waals surface area contributed by atoms with Gasteiger partial charge in [0.1, 0.15) is 0 Å². The van der Waals surface area contributed by atoms with Gasteiger partial charge >= 0.3 is 0 Å². The molecular formula is C16H25N5OS2. The minimum absolute atomic E-state index is 0.0429. The highest BCUT2D eigenvalue weighted by atomic mass is 32.1. The Morgan fingerprint density at radius 1 is 1.29 bits per heavy atom. The van der Waals surface area contributed by atoms with Crippen LogP contribution in [0.3, 0.4) is 0 Å². The van der Waals surface area contributed by atoms with Gasteiger partial charge in [0.05, 0.1) is 5.69 Å². The summed E-state index contributed by atoms with van der Waals surface area (Å²) in [5.74, 6) is -0.0894. The summed E-state index contributed by atoms with van der Waals surface area (Å²) in [4.78, 5) is 21.1. The number of anilines is 2. The first-order chi connectivity index (χ1) is 11.3. The number of thiazole rings is 2. The number of aromatic nitrogens is 2. The van der Waals surface area contributed by atoms with Crippen molar-refractivity contribution >= 4 is 38.8 Å². The lowest BCUT2D eigenvalue weighted by Crippen LogP contribution is -2.45. The molecule has 0 aliphatic rings. The minimum atomic E-state index is -0.0894.